The summed E-state index contributed by atoms with van der Waals surface area (Å²) in [6, 6.07) is 9.80. The number of likely N-dealkylation sites (tertiary alicyclic amines) is 1. The van der Waals surface area contributed by atoms with E-state index in [1.807, 2.05) is 37.3 Å². The monoisotopic (exact) mass is 407 g/mol. The zero-order chi connectivity index (χ0) is 18.3. The molecule has 0 saturated carbocycles. The van der Waals surface area contributed by atoms with Crippen molar-refractivity contribution in [2.45, 2.75) is 26.7 Å². The van der Waals surface area contributed by atoms with Gasteiger partial charge in [0.05, 0.1) is 5.56 Å². The molecule has 0 spiro atoms. The summed E-state index contributed by atoms with van der Waals surface area (Å²) >= 11 is 6.02. The van der Waals surface area contributed by atoms with Crippen molar-refractivity contribution in [3.05, 3.63) is 52.3 Å². The third-order valence-corrected chi connectivity index (χ3v) is 6.30. The second-order valence-electron chi connectivity index (χ2n) is 7.64. The number of halogens is 2. The number of nitrogens with zero attached hydrogens (tertiary/aromatic N) is 2. The summed E-state index contributed by atoms with van der Waals surface area (Å²) in [5, 5.41) is 4.21. The number of aromatic nitrogens is 1. The second kappa shape index (κ2) is 8.26. The first-order valence-corrected chi connectivity index (χ1v) is 9.87. The van der Waals surface area contributed by atoms with E-state index in [9.17, 15) is 4.79 Å². The first-order chi connectivity index (χ1) is 12.5. The molecular formula is C21H27Cl2N3O. The smallest absolute Gasteiger partial charge is 0.255 e. The van der Waals surface area contributed by atoms with Crippen molar-refractivity contribution in [2.24, 2.45) is 11.8 Å². The van der Waals surface area contributed by atoms with Gasteiger partial charge in [0.1, 0.15) is 0 Å². The van der Waals surface area contributed by atoms with Crippen molar-refractivity contribution < 1.29 is 4.79 Å². The molecule has 1 aromatic heterocycles. The molecule has 0 unspecified atom stereocenters. The van der Waals surface area contributed by atoms with Crippen LogP contribution in [0.4, 0.5) is 0 Å². The molecule has 3 heterocycles. The number of hydrogen-bond donors (Lipinski definition) is 1. The minimum absolute atomic E-state index is 0. The second-order valence-corrected chi connectivity index (χ2v) is 8.08. The predicted octanol–water partition coefficient (Wildman–Crippen LogP) is 4.24. The van der Waals surface area contributed by atoms with Crippen molar-refractivity contribution in [3.63, 3.8) is 0 Å². The molecule has 6 heteroatoms. The van der Waals surface area contributed by atoms with E-state index in [2.05, 4.69) is 21.7 Å². The van der Waals surface area contributed by atoms with E-state index in [0.29, 0.717) is 0 Å². The third kappa shape index (κ3) is 3.89. The summed E-state index contributed by atoms with van der Waals surface area (Å²) in [5.74, 6) is 1.63. The maximum absolute atomic E-state index is 13.2. The summed E-state index contributed by atoms with van der Waals surface area (Å²) in [6.45, 7) is 8.04. The van der Waals surface area contributed by atoms with Gasteiger partial charge in [-0.3, -0.25) is 4.79 Å². The Bertz CT molecular complexity index is 802. The predicted molar refractivity (Wildman–Crippen MR) is 112 cm³/mol. The zero-order valence-corrected chi connectivity index (χ0v) is 17.4. The van der Waals surface area contributed by atoms with Crippen LogP contribution in [0.5, 0.6) is 0 Å². The first-order valence-electron chi connectivity index (χ1n) is 9.49. The maximum atomic E-state index is 13.2. The minimum Gasteiger partial charge on any atom is -0.339 e. The fraction of sp³-hybridized carbons (Fsp3) is 0.476. The highest BCUT2D eigenvalue weighted by atomic mass is 35.5. The van der Waals surface area contributed by atoms with Gasteiger partial charge in [0.15, 0.2) is 0 Å². The number of benzene rings is 1. The van der Waals surface area contributed by atoms with Crippen LogP contribution in [0.3, 0.4) is 0 Å². The molecule has 2 atom stereocenters. The Morgan fingerprint density at radius 2 is 1.67 bits per heavy atom. The van der Waals surface area contributed by atoms with Gasteiger partial charge in [-0.15, -0.1) is 12.4 Å². The van der Waals surface area contributed by atoms with Gasteiger partial charge in [-0.25, -0.2) is 0 Å². The van der Waals surface area contributed by atoms with Gasteiger partial charge in [0.25, 0.3) is 5.91 Å². The van der Waals surface area contributed by atoms with Crippen LogP contribution in [0.1, 0.15) is 34.6 Å². The molecule has 0 bridgehead atoms. The van der Waals surface area contributed by atoms with Crippen LogP contribution in [0.15, 0.2) is 30.3 Å². The van der Waals surface area contributed by atoms with E-state index in [1.54, 1.807) is 0 Å². The highest BCUT2D eigenvalue weighted by Crippen LogP contribution is 2.29. The van der Waals surface area contributed by atoms with Crippen molar-refractivity contribution in [2.75, 3.05) is 26.2 Å². The average Bonchev–Trinajstić information content (AvgIpc) is 3.13. The van der Waals surface area contributed by atoms with Crippen LogP contribution in [-0.2, 0) is 0 Å². The summed E-state index contributed by atoms with van der Waals surface area (Å²) < 4.78 is 2.14. The Morgan fingerprint density at radius 1 is 1.07 bits per heavy atom. The Hall–Kier alpha value is -1.49. The van der Waals surface area contributed by atoms with Gasteiger partial charge in [-0.1, -0.05) is 11.6 Å². The highest BCUT2D eigenvalue weighted by Gasteiger charge is 2.32. The van der Waals surface area contributed by atoms with E-state index in [0.717, 1.165) is 78.5 Å². The standard InChI is InChI=1S/C21H26ClN3O.ClH/c1-14-11-20(15(2)25(14)19-5-3-18(22)4-6-19)21(26)24-9-7-16-12-23-13-17(16)8-10-24;/h3-6,11,16-17,23H,7-10,12-13H2,1-2H3;1H/t16-,17+;. The number of hydrogen-bond acceptors (Lipinski definition) is 2. The van der Waals surface area contributed by atoms with Crippen LogP contribution >= 0.6 is 24.0 Å². The molecule has 0 radical (unpaired) electrons. The molecule has 2 aromatic rings. The molecule has 1 amide bonds. The lowest BCUT2D eigenvalue weighted by Crippen LogP contribution is -2.33. The van der Waals surface area contributed by atoms with E-state index >= 15 is 0 Å². The van der Waals surface area contributed by atoms with Crippen molar-refractivity contribution in [1.82, 2.24) is 14.8 Å². The van der Waals surface area contributed by atoms with Crippen LogP contribution < -0.4 is 5.32 Å². The Morgan fingerprint density at radius 3 is 2.26 bits per heavy atom. The normalized spacial score (nSPS) is 22.1. The van der Waals surface area contributed by atoms with Crippen LogP contribution in [-0.4, -0.2) is 41.6 Å². The first kappa shape index (κ1) is 20.2. The van der Waals surface area contributed by atoms with Gasteiger partial charge < -0.3 is 14.8 Å². The van der Waals surface area contributed by atoms with E-state index in [-0.39, 0.29) is 18.3 Å². The maximum Gasteiger partial charge on any atom is 0.255 e. The molecule has 2 aliphatic rings. The number of carbonyl (C=O) groups excluding carboxylic acids is 1. The highest BCUT2D eigenvalue weighted by molar-refractivity contribution is 6.30. The van der Waals surface area contributed by atoms with Crippen molar-refractivity contribution in [1.29, 1.82) is 0 Å². The number of rotatable bonds is 2. The lowest BCUT2D eigenvalue weighted by molar-refractivity contribution is 0.0758. The Kier molecular flexibility index (Phi) is 6.19. The quantitative estimate of drug-likeness (QED) is 0.807. The van der Waals surface area contributed by atoms with Crippen LogP contribution in [0, 0.1) is 25.7 Å². The fourth-order valence-corrected chi connectivity index (χ4v) is 4.68. The molecule has 4 rings (SSSR count). The van der Waals surface area contributed by atoms with Gasteiger partial charge in [-0.2, -0.15) is 0 Å². The zero-order valence-electron chi connectivity index (χ0n) is 15.9. The minimum atomic E-state index is 0. The Balaban J connectivity index is 0.00000210. The number of carbonyl (C=O) groups is 1. The largest absolute Gasteiger partial charge is 0.339 e. The summed E-state index contributed by atoms with van der Waals surface area (Å²) in [5.41, 5.74) is 3.94. The number of nitrogens with one attached hydrogen (secondary N) is 1. The molecule has 146 valence electrons. The van der Waals surface area contributed by atoms with Crippen molar-refractivity contribution in [3.8, 4) is 5.69 Å². The van der Waals surface area contributed by atoms with Gasteiger partial charge >= 0.3 is 0 Å². The van der Waals surface area contributed by atoms with E-state index in [1.165, 1.54) is 0 Å². The topological polar surface area (TPSA) is 37.3 Å². The van der Waals surface area contributed by atoms with Gasteiger partial charge in [0, 0.05) is 35.2 Å². The molecule has 4 nitrogen and oxygen atoms in total. The van der Waals surface area contributed by atoms with E-state index < -0.39 is 0 Å². The Labute approximate surface area is 172 Å². The summed E-state index contributed by atoms with van der Waals surface area (Å²) in [7, 11) is 0. The van der Waals surface area contributed by atoms with Crippen molar-refractivity contribution >= 4 is 29.9 Å². The molecule has 2 fully saturated rings. The molecule has 1 aromatic carbocycles. The van der Waals surface area contributed by atoms with Crippen LogP contribution in [0.25, 0.3) is 5.69 Å². The van der Waals surface area contributed by atoms with Crippen LogP contribution in [0.2, 0.25) is 5.02 Å². The lowest BCUT2D eigenvalue weighted by Gasteiger charge is -2.21. The SMILES string of the molecule is Cc1cc(C(=O)N2CC[C@@H]3CNC[C@@H]3CC2)c(C)n1-c1ccc(Cl)cc1.Cl. The molecule has 27 heavy (non-hydrogen) atoms. The van der Waals surface area contributed by atoms with Gasteiger partial charge in [0.2, 0.25) is 0 Å². The number of amides is 1. The summed E-state index contributed by atoms with van der Waals surface area (Å²) in [6.07, 6.45) is 2.22. The lowest BCUT2D eigenvalue weighted by atomic mass is 9.92. The average molecular weight is 408 g/mol. The number of aryl methyl sites for hydroxylation is 1. The third-order valence-electron chi connectivity index (χ3n) is 6.05. The number of fused-ring (bicyclic) bond motifs is 1. The van der Waals surface area contributed by atoms with E-state index in [4.69, 9.17) is 11.6 Å². The summed E-state index contributed by atoms with van der Waals surface area (Å²) in [4.78, 5) is 15.3. The molecular weight excluding hydrogens is 381 g/mol. The fourth-order valence-electron chi connectivity index (χ4n) is 4.56. The molecule has 2 saturated heterocycles. The molecule has 1 N–H and O–H groups in total. The van der Waals surface area contributed by atoms with Gasteiger partial charge in [-0.05, 0) is 81.9 Å². The molecule has 0 aliphatic carbocycles. The molecule has 2 aliphatic heterocycles.